The summed E-state index contributed by atoms with van der Waals surface area (Å²) in [5.41, 5.74) is -0.225. The van der Waals surface area contributed by atoms with Gasteiger partial charge >= 0.3 is 6.18 Å². The zero-order valence-electron chi connectivity index (χ0n) is 10.5. The van der Waals surface area contributed by atoms with Crippen LogP contribution in [0, 0.1) is 0 Å². The molecule has 0 amide bonds. The van der Waals surface area contributed by atoms with Crippen molar-refractivity contribution in [3.05, 3.63) is 58.5 Å². The van der Waals surface area contributed by atoms with Crippen LogP contribution in [0.15, 0.2) is 47.4 Å². The van der Waals surface area contributed by atoms with Crippen molar-refractivity contribution in [1.82, 2.24) is 9.38 Å². The van der Waals surface area contributed by atoms with E-state index in [1.165, 1.54) is 34.9 Å². The summed E-state index contributed by atoms with van der Waals surface area (Å²) in [7, 11) is 0. The number of benzene rings is 1. The van der Waals surface area contributed by atoms with Gasteiger partial charge in [0.15, 0.2) is 5.88 Å². The van der Waals surface area contributed by atoms with Gasteiger partial charge in [0.05, 0.1) is 11.3 Å². The molecule has 2 N–H and O–H groups in total. The third-order valence-electron chi connectivity index (χ3n) is 3.16. The predicted molar refractivity (Wildman–Crippen MR) is 70.1 cm³/mol. The van der Waals surface area contributed by atoms with Crippen LogP contribution in [0.5, 0.6) is 5.88 Å². The van der Waals surface area contributed by atoms with Crippen molar-refractivity contribution in [1.29, 1.82) is 0 Å². The first-order valence-corrected chi connectivity index (χ1v) is 5.97. The molecule has 0 atom stereocenters. The molecular formula is C14H9F3N2O2. The number of nitrogens with one attached hydrogen (secondary N) is 1. The van der Waals surface area contributed by atoms with Crippen molar-refractivity contribution >= 4 is 5.52 Å². The molecule has 0 unspecified atom stereocenters. The molecule has 2 heterocycles. The van der Waals surface area contributed by atoms with E-state index in [-0.39, 0.29) is 11.4 Å². The molecule has 21 heavy (non-hydrogen) atoms. The number of hydrogen-bond acceptors (Lipinski definition) is 2. The van der Waals surface area contributed by atoms with Crippen molar-refractivity contribution in [2.45, 2.75) is 6.18 Å². The summed E-state index contributed by atoms with van der Waals surface area (Å²) in [6.45, 7) is 0. The van der Waals surface area contributed by atoms with Crippen LogP contribution < -0.4 is 5.56 Å². The standard InChI is InChI=1S/C14H9F3N2O2/c15-14(16,17)9-3-1-8(2-4-9)10-7-19-11(13(21)18-10)5-6-12(19)20/h1-7,20H,(H,18,21). The normalized spacial score (nSPS) is 12.0. The van der Waals surface area contributed by atoms with E-state index in [2.05, 4.69) is 4.98 Å². The average molecular weight is 294 g/mol. The van der Waals surface area contributed by atoms with E-state index in [0.29, 0.717) is 11.3 Å². The maximum Gasteiger partial charge on any atom is 0.416 e. The van der Waals surface area contributed by atoms with Gasteiger partial charge in [0.1, 0.15) is 5.52 Å². The molecule has 3 aromatic rings. The predicted octanol–water partition coefficient (Wildman–Crippen LogP) is 3.02. The highest BCUT2D eigenvalue weighted by atomic mass is 19.4. The second-order valence-electron chi connectivity index (χ2n) is 4.52. The summed E-state index contributed by atoms with van der Waals surface area (Å²) in [6.07, 6.45) is -2.96. The van der Waals surface area contributed by atoms with E-state index in [4.69, 9.17) is 0 Å². The van der Waals surface area contributed by atoms with Crippen LogP contribution >= 0.6 is 0 Å². The van der Waals surface area contributed by atoms with Crippen LogP contribution in [0.1, 0.15) is 5.56 Å². The number of nitrogens with zero attached hydrogens (tertiary/aromatic N) is 1. The molecule has 1 aromatic carbocycles. The highest BCUT2D eigenvalue weighted by Crippen LogP contribution is 2.30. The highest BCUT2D eigenvalue weighted by Gasteiger charge is 2.30. The molecule has 0 spiro atoms. The number of alkyl halides is 3. The van der Waals surface area contributed by atoms with Gasteiger partial charge in [-0.2, -0.15) is 13.2 Å². The molecule has 2 aromatic heterocycles. The van der Waals surface area contributed by atoms with Crippen molar-refractivity contribution in [2.75, 3.05) is 0 Å². The van der Waals surface area contributed by atoms with Gasteiger partial charge in [-0.3, -0.25) is 9.20 Å². The Kier molecular flexibility index (Phi) is 2.79. The zero-order valence-corrected chi connectivity index (χ0v) is 10.5. The van der Waals surface area contributed by atoms with Crippen molar-refractivity contribution in [2.24, 2.45) is 0 Å². The van der Waals surface area contributed by atoms with E-state index in [9.17, 15) is 23.1 Å². The molecule has 0 saturated carbocycles. The number of aromatic hydroxyl groups is 1. The number of aromatic amines is 1. The lowest BCUT2D eigenvalue weighted by Crippen LogP contribution is -2.10. The molecule has 3 rings (SSSR count). The van der Waals surface area contributed by atoms with E-state index in [1.807, 2.05) is 0 Å². The molecule has 0 aliphatic carbocycles. The van der Waals surface area contributed by atoms with Gasteiger partial charge in [0.2, 0.25) is 0 Å². The van der Waals surface area contributed by atoms with Crippen molar-refractivity contribution in [3.63, 3.8) is 0 Å². The number of aromatic nitrogens is 2. The van der Waals surface area contributed by atoms with Crippen molar-refractivity contribution < 1.29 is 18.3 Å². The van der Waals surface area contributed by atoms with Crippen LogP contribution in [-0.2, 0) is 6.18 Å². The Labute approximate surface area is 116 Å². The summed E-state index contributed by atoms with van der Waals surface area (Å²) in [5.74, 6) is -0.121. The molecular weight excluding hydrogens is 285 g/mol. The molecule has 0 aliphatic rings. The van der Waals surface area contributed by atoms with E-state index in [0.717, 1.165) is 12.1 Å². The maximum absolute atomic E-state index is 12.5. The maximum atomic E-state index is 12.5. The monoisotopic (exact) mass is 294 g/mol. The lowest BCUT2D eigenvalue weighted by atomic mass is 10.1. The third-order valence-corrected chi connectivity index (χ3v) is 3.16. The fraction of sp³-hybridized carbons (Fsp3) is 0.0714. The first-order chi connectivity index (χ1) is 9.86. The van der Waals surface area contributed by atoms with Crippen LogP contribution in [0.25, 0.3) is 16.8 Å². The quantitative estimate of drug-likeness (QED) is 0.725. The minimum atomic E-state index is -4.41. The summed E-state index contributed by atoms with van der Waals surface area (Å²) in [5, 5.41) is 9.62. The summed E-state index contributed by atoms with van der Waals surface area (Å²) < 4.78 is 38.8. The number of fused-ring (bicyclic) bond motifs is 1. The van der Waals surface area contributed by atoms with E-state index < -0.39 is 17.3 Å². The molecule has 108 valence electrons. The smallest absolute Gasteiger partial charge is 0.416 e. The molecule has 0 bridgehead atoms. The second kappa shape index (κ2) is 4.41. The second-order valence-corrected chi connectivity index (χ2v) is 4.52. The average Bonchev–Trinajstić information content (AvgIpc) is 2.80. The summed E-state index contributed by atoms with van der Waals surface area (Å²) in [4.78, 5) is 14.4. The Morgan fingerprint density at radius 1 is 1.05 bits per heavy atom. The number of rotatable bonds is 1. The van der Waals surface area contributed by atoms with Gasteiger partial charge in [-0.15, -0.1) is 0 Å². The minimum Gasteiger partial charge on any atom is -0.494 e. The number of halogens is 3. The summed E-state index contributed by atoms with van der Waals surface area (Å²) in [6, 6.07) is 7.22. The SMILES string of the molecule is O=c1[nH]c(-c2ccc(C(F)(F)F)cc2)cn2c(O)ccc12. The summed E-state index contributed by atoms with van der Waals surface area (Å²) >= 11 is 0. The lowest BCUT2D eigenvalue weighted by molar-refractivity contribution is -0.137. The van der Waals surface area contributed by atoms with Gasteiger partial charge in [-0.1, -0.05) is 12.1 Å². The number of H-pyrrole nitrogens is 1. The largest absolute Gasteiger partial charge is 0.494 e. The molecule has 0 radical (unpaired) electrons. The first kappa shape index (κ1) is 13.3. The van der Waals surface area contributed by atoms with Crippen molar-refractivity contribution in [3.8, 4) is 17.1 Å². The molecule has 4 nitrogen and oxygen atoms in total. The van der Waals surface area contributed by atoms with Gasteiger partial charge in [-0.05, 0) is 23.8 Å². The van der Waals surface area contributed by atoms with Crippen LogP contribution in [-0.4, -0.2) is 14.5 Å². The van der Waals surface area contributed by atoms with Crippen LogP contribution in [0.3, 0.4) is 0 Å². The zero-order chi connectivity index (χ0) is 15.2. The lowest BCUT2D eigenvalue weighted by Gasteiger charge is -2.08. The number of hydrogen-bond donors (Lipinski definition) is 2. The van der Waals surface area contributed by atoms with Gasteiger partial charge < -0.3 is 10.1 Å². The van der Waals surface area contributed by atoms with E-state index >= 15 is 0 Å². The fourth-order valence-electron chi connectivity index (χ4n) is 2.09. The highest BCUT2D eigenvalue weighted by molar-refractivity contribution is 5.62. The molecule has 0 fully saturated rings. The fourth-order valence-corrected chi connectivity index (χ4v) is 2.09. The van der Waals surface area contributed by atoms with Gasteiger partial charge in [0, 0.05) is 12.3 Å². The molecule has 0 saturated heterocycles. The Morgan fingerprint density at radius 2 is 1.71 bits per heavy atom. The van der Waals surface area contributed by atoms with E-state index in [1.54, 1.807) is 0 Å². The Balaban J connectivity index is 2.12. The Morgan fingerprint density at radius 3 is 2.33 bits per heavy atom. The third kappa shape index (κ3) is 2.26. The van der Waals surface area contributed by atoms with Gasteiger partial charge in [-0.25, -0.2) is 0 Å². The molecule has 0 aliphatic heterocycles. The van der Waals surface area contributed by atoms with Crippen LogP contribution in [0.4, 0.5) is 13.2 Å². The Hall–Kier alpha value is -2.70. The topological polar surface area (TPSA) is 57.5 Å². The first-order valence-electron chi connectivity index (χ1n) is 5.97. The minimum absolute atomic E-state index is 0.121. The molecule has 7 heteroatoms. The van der Waals surface area contributed by atoms with Crippen LogP contribution in [0.2, 0.25) is 0 Å². The van der Waals surface area contributed by atoms with Gasteiger partial charge in [0.25, 0.3) is 5.56 Å². The Bertz CT molecular complexity index is 861.